The molecule has 0 spiro atoms. The predicted molar refractivity (Wildman–Crippen MR) is 79.0 cm³/mol. The van der Waals surface area contributed by atoms with E-state index >= 15 is 0 Å². The molecule has 0 saturated heterocycles. The minimum atomic E-state index is -0.457. The standard InChI is InChI=1S/C15H16N6O/c16-15(5-1-2-6-15)14-19-13(22-20-14)12-10-11(4-8-17-12)21-9-3-7-18-21/h3-4,7-10H,1-2,5-6,16H2. The first-order valence-electron chi connectivity index (χ1n) is 7.34. The Morgan fingerprint density at radius 3 is 2.86 bits per heavy atom. The molecule has 1 aliphatic carbocycles. The maximum absolute atomic E-state index is 6.36. The zero-order valence-electron chi connectivity index (χ0n) is 12.0. The third-order valence-electron chi connectivity index (χ3n) is 4.10. The second kappa shape index (κ2) is 5.03. The molecule has 1 aliphatic rings. The Hall–Kier alpha value is -2.54. The number of hydrogen-bond donors (Lipinski definition) is 1. The van der Waals surface area contributed by atoms with Gasteiger partial charge in [0.15, 0.2) is 5.82 Å². The van der Waals surface area contributed by atoms with Gasteiger partial charge in [0.25, 0.3) is 5.89 Å². The fourth-order valence-electron chi connectivity index (χ4n) is 2.86. The number of pyridine rings is 1. The zero-order chi connectivity index (χ0) is 15.0. The van der Waals surface area contributed by atoms with Gasteiger partial charge in [-0.05, 0) is 31.0 Å². The van der Waals surface area contributed by atoms with Crippen molar-refractivity contribution >= 4 is 0 Å². The van der Waals surface area contributed by atoms with Crippen LogP contribution in [0.5, 0.6) is 0 Å². The normalized spacial score (nSPS) is 17.0. The van der Waals surface area contributed by atoms with Crippen molar-refractivity contribution in [3.63, 3.8) is 0 Å². The van der Waals surface area contributed by atoms with Crippen LogP contribution in [0.3, 0.4) is 0 Å². The molecule has 0 radical (unpaired) electrons. The van der Waals surface area contributed by atoms with Gasteiger partial charge < -0.3 is 10.3 Å². The van der Waals surface area contributed by atoms with Gasteiger partial charge in [-0.25, -0.2) is 4.68 Å². The van der Waals surface area contributed by atoms with Crippen LogP contribution in [-0.2, 0) is 5.54 Å². The Morgan fingerprint density at radius 1 is 1.23 bits per heavy atom. The highest BCUT2D eigenvalue weighted by atomic mass is 16.5. The second-order valence-electron chi connectivity index (χ2n) is 5.64. The lowest BCUT2D eigenvalue weighted by molar-refractivity contribution is 0.372. The molecule has 3 aromatic heterocycles. The molecule has 22 heavy (non-hydrogen) atoms. The van der Waals surface area contributed by atoms with E-state index in [1.54, 1.807) is 17.1 Å². The Balaban J connectivity index is 1.68. The van der Waals surface area contributed by atoms with E-state index in [1.165, 1.54) is 0 Å². The molecule has 0 aliphatic heterocycles. The second-order valence-corrected chi connectivity index (χ2v) is 5.64. The molecule has 4 rings (SSSR count). The van der Waals surface area contributed by atoms with E-state index in [-0.39, 0.29) is 0 Å². The lowest BCUT2D eigenvalue weighted by Gasteiger charge is -2.17. The molecule has 3 aromatic rings. The Bertz CT molecular complexity index is 773. The lowest BCUT2D eigenvalue weighted by atomic mass is 9.99. The van der Waals surface area contributed by atoms with Crippen molar-refractivity contribution in [2.45, 2.75) is 31.2 Å². The van der Waals surface area contributed by atoms with Crippen LogP contribution in [0, 0.1) is 0 Å². The summed E-state index contributed by atoms with van der Waals surface area (Å²) in [4.78, 5) is 8.77. The molecule has 2 N–H and O–H groups in total. The lowest BCUT2D eigenvalue weighted by Crippen LogP contribution is -2.34. The Labute approximate surface area is 127 Å². The highest BCUT2D eigenvalue weighted by Crippen LogP contribution is 2.35. The zero-order valence-corrected chi connectivity index (χ0v) is 12.0. The van der Waals surface area contributed by atoms with Gasteiger partial charge in [-0.2, -0.15) is 10.1 Å². The smallest absolute Gasteiger partial charge is 0.276 e. The van der Waals surface area contributed by atoms with Crippen LogP contribution in [0.2, 0.25) is 0 Å². The summed E-state index contributed by atoms with van der Waals surface area (Å²) in [5.74, 6) is 0.965. The maximum Gasteiger partial charge on any atom is 0.276 e. The fourth-order valence-corrected chi connectivity index (χ4v) is 2.86. The number of rotatable bonds is 3. The number of hydrogen-bond acceptors (Lipinski definition) is 6. The maximum atomic E-state index is 6.36. The van der Waals surface area contributed by atoms with Crippen LogP contribution >= 0.6 is 0 Å². The molecule has 0 unspecified atom stereocenters. The summed E-state index contributed by atoms with van der Waals surface area (Å²) in [6.07, 6.45) is 9.29. The van der Waals surface area contributed by atoms with E-state index in [2.05, 4.69) is 20.2 Å². The molecule has 1 saturated carbocycles. The van der Waals surface area contributed by atoms with Crippen LogP contribution in [0.4, 0.5) is 0 Å². The number of nitrogens with two attached hydrogens (primary N) is 1. The molecular formula is C15H16N6O. The van der Waals surface area contributed by atoms with Gasteiger partial charge in [0.05, 0.1) is 11.2 Å². The molecule has 0 amide bonds. The van der Waals surface area contributed by atoms with Gasteiger partial charge in [-0.15, -0.1) is 0 Å². The highest BCUT2D eigenvalue weighted by molar-refractivity contribution is 5.51. The van der Waals surface area contributed by atoms with Crippen LogP contribution in [0.25, 0.3) is 17.3 Å². The van der Waals surface area contributed by atoms with E-state index < -0.39 is 5.54 Å². The fraction of sp³-hybridized carbons (Fsp3) is 0.333. The minimum absolute atomic E-state index is 0.390. The van der Waals surface area contributed by atoms with Crippen molar-refractivity contribution < 1.29 is 4.52 Å². The van der Waals surface area contributed by atoms with Crippen LogP contribution < -0.4 is 5.73 Å². The number of aromatic nitrogens is 5. The highest BCUT2D eigenvalue weighted by Gasteiger charge is 2.36. The minimum Gasteiger partial charge on any atom is -0.332 e. The average Bonchev–Trinajstić information content (AvgIpc) is 3.29. The van der Waals surface area contributed by atoms with Crippen molar-refractivity contribution in [2.24, 2.45) is 5.73 Å². The molecule has 0 atom stereocenters. The molecule has 1 fully saturated rings. The molecule has 112 valence electrons. The summed E-state index contributed by atoms with van der Waals surface area (Å²) in [6.45, 7) is 0. The average molecular weight is 296 g/mol. The first kappa shape index (κ1) is 13.1. The third-order valence-corrected chi connectivity index (χ3v) is 4.10. The molecule has 0 bridgehead atoms. The van der Waals surface area contributed by atoms with Crippen molar-refractivity contribution in [1.29, 1.82) is 0 Å². The van der Waals surface area contributed by atoms with E-state index in [0.29, 0.717) is 17.4 Å². The largest absolute Gasteiger partial charge is 0.332 e. The van der Waals surface area contributed by atoms with Crippen molar-refractivity contribution in [3.05, 3.63) is 42.6 Å². The van der Waals surface area contributed by atoms with Crippen LogP contribution in [0.1, 0.15) is 31.5 Å². The summed E-state index contributed by atoms with van der Waals surface area (Å²) in [6, 6.07) is 5.60. The SMILES string of the molecule is NC1(c2noc(-c3cc(-n4cccn4)ccn3)n2)CCCC1. The van der Waals surface area contributed by atoms with Crippen LogP contribution in [-0.4, -0.2) is 24.9 Å². The predicted octanol–water partition coefficient (Wildman–Crippen LogP) is 2.05. The van der Waals surface area contributed by atoms with Crippen LogP contribution in [0.15, 0.2) is 41.3 Å². The topological polar surface area (TPSA) is 95.7 Å². The van der Waals surface area contributed by atoms with Crippen molar-refractivity contribution in [2.75, 3.05) is 0 Å². The van der Waals surface area contributed by atoms with E-state index in [9.17, 15) is 0 Å². The summed E-state index contributed by atoms with van der Waals surface area (Å²) >= 11 is 0. The Morgan fingerprint density at radius 2 is 2.09 bits per heavy atom. The first-order chi connectivity index (χ1) is 10.7. The summed E-state index contributed by atoms with van der Waals surface area (Å²) in [5.41, 5.74) is 7.41. The van der Waals surface area contributed by atoms with Gasteiger partial charge in [-0.3, -0.25) is 4.98 Å². The summed E-state index contributed by atoms with van der Waals surface area (Å²) in [7, 11) is 0. The van der Waals surface area contributed by atoms with Crippen molar-refractivity contribution in [3.8, 4) is 17.3 Å². The van der Waals surface area contributed by atoms with Gasteiger partial charge in [0, 0.05) is 18.6 Å². The third kappa shape index (κ3) is 2.19. The number of nitrogens with zero attached hydrogens (tertiary/aromatic N) is 5. The van der Waals surface area contributed by atoms with Gasteiger partial charge in [0.2, 0.25) is 0 Å². The Kier molecular flexibility index (Phi) is 3.00. The van der Waals surface area contributed by atoms with Gasteiger partial charge in [0.1, 0.15) is 5.69 Å². The first-order valence-corrected chi connectivity index (χ1v) is 7.34. The summed E-state index contributed by atoms with van der Waals surface area (Å²) in [5, 5.41) is 8.27. The summed E-state index contributed by atoms with van der Waals surface area (Å²) < 4.78 is 7.12. The van der Waals surface area contributed by atoms with E-state index in [0.717, 1.165) is 31.4 Å². The molecule has 7 heteroatoms. The molecule has 3 heterocycles. The van der Waals surface area contributed by atoms with E-state index in [1.807, 2.05) is 24.4 Å². The van der Waals surface area contributed by atoms with Gasteiger partial charge in [-0.1, -0.05) is 18.0 Å². The van der Waals surface area contributed by atoms with Gasteiger partial charge >= 0.3 is 0 Å². The van der Waals surface area contributed by atoms with Crippen molar-refractivity contribution in [1.82, 2.24) is 24.9 Å². The molecule has 7 nitrogen and oxygen atoms in total. The molecular weight excluding hydrogens is 280 g/mol. The quantitative estimate of drug-likeness (QED) is 0.794. The molecule has 0 aromatic carbocycles. The monoisotopic (exact) mass is 296 g/mol. The van der Waals surface area contributed by atoms with E-state index in [4.69, 9.17) is 10.3 Å².